The summed E-state index contributed by atoms with van der Waals surface area (Å²) in [6.07, 6.45) is 1.33. The van der Waals surface area contributed by atoms with Gasteiger partial charge in [0.05, 0.1) is 0 Å². The first-order chi connectivity index (χ1) is 15.7. The number of hydrogen-bond acceptors (Lipinski definition) is 3. The number of halogens is 2. The zero-order valence-electron chi connectivity index (χ0n) is 18.1. The molecule has 1 aliphatic rings. The number of ether oxygens (including phenoxy) is 1. The van der Waals surface area contributed by atoms with Gasteiger partial charge in [0.25, 0.3) is 5.91 Å². The second-order valence-corrected chi connectivity index (χ2v) is 9.34. The van der Waals surface area contributed by atoms with Crippen LogP contribution in [0.2, 0.25) is 10.0 Å². The Labute approximate surface area is 202 Å². The number of nitrogens with zero attached hydrogens (tertiary/aromatic N) is 1. The van der Waals surface area contributed by atoms with Gasteiger partial charge in [-0.15, -0.1) is 0 Å². The summed E-state index contributed by atoms with van der Waals surface area (Å²) in [7, 11) is 0. The summed E-state index contributed by atoms with van der Waals surface area (Å²) in [5.41, 5.74) is 2.69. The zero-order valence-corrected chi connectivity index (χ0v) is 19.6. The lowest BCUT2D eigenvalue weighted by Crippen LogP contribution is -2.35. The van der Waals surface area contributed by atoms with Crippen molar-refractivity contribution >= 4 is 35.1 Å². The fourth-order valence-electron chi connectivity index (χ4n) is 4.16. The third-order valence-electron chi connectivity index (χ3n) is 5.65. The molecular weight excluding hydrogens is 461 g/mol. The summed E-state index contributed by atoms with van der Waals surface area (Å²) < 4.78 is 6.23. The predicted octanol–water partition coefficient (Wildman–Crippen LogP) is 5.66. The minimum absolute atomic E-state index is 0.104. The number of rotatable bonds is 7. The summed E-state index contributed by atoms with van der Waals surface area (Å²) in [6, 6.07) is 20.0. The van der Waals surface area contributed by atoms with Crippen molar-refractivity contribution in [3.63, 3.8) is 0 Å². The molecule has 0 spiro atoms. The molecule has 0 unspecified atom stereocenters. The molecule has 0 saturated carbocycles. The summed E-state index contributed by atoms with van der Waals surface area (Å²) in [4.78, 5) is 26.0. The van der Waals surface area contributed by atoms with E-state index in [0.29, 0.717) is 34.0 Å². The molecule has 3 aromatic carbocycles. The molecule has 0 fully saturated rings. The van der Waals surface area contributed by atoms with Crippen LogP contribution in [0.4, 0.5) is 0 Å². The quantitative estimate of drug-likeness (QED) is 0.470. The lowest BCUT2D eigenvalue weighted by atomic mass is 9.91. The summed E-state index contributed by atoms with van der Waals surface area (Å²) in [5.74, 6) is -0.722. The maximum absolute atomic E-state index is 13.2. The molecule has 0 saturated heterocycles. The van der Waals surface area contributed by atoms with E-state index in [-0.39, 0.29) is 12.5 Å². The van der Waals surface area contributed by atoms with Crippen LogP contribution in [-0.2, 0) is 24.2 Å². The van der Waals surface area contributed by atoms with E-state index in [1.165, 1.54) is 4.90 Å². The predicted molar refractivity (Wildman–Crippen MR) is 128 cm³/mol. The molecule has 3 aromatic rings. The molecule has 0 bridgehead atoms. The van der Waals surface area contributed by atoms with Gasteiger partial charge in [0.2, 0.25) is 0 Å². The zero-order chi connectivity index (χ0) is 23.6. The molecule has 1 heterocycles. The van der Waals surface area contributed by atoms with Gasteiger partial charge in [-0.3, -0.25) is 9.59 Å². The Hall–Kier alpha value is -3.02. The largest absolute Gasteiger partial charge is 0.487 e. The fourth-order valence-corrected chi connectivity index (χ4v) is 4.49. The third kappa shape index (κ3) is 5.49. The van der Waals surface area contributed by atoms with Gasteiger partial charge in [-0.1, -0.05) is 53.5 Å². The number of aliphatic carboxylic acids is 1. The van der Waals surface area contributed by atoms with Gasteiger partial charge >= 0.3 is 5.97 Å². The first-order valence-corrected chi connectivity index (χ1v) is 11.3. The first-order valence-electron chi connectivity index (χ1n) is 10.5. The average molecular weight is 484 g/mol. The number of carbonyl (C=O) groups is 2. The Bertz CT molecular complexity index is 1200. The Morgan fingerprint density at radius 1 is 1.06 bits per heavy atom. The van der Waals surface area contributed by atoms with E-state index in [0.717, 1.165) is 16.9 Å². The maximum atomic E-state index is 13.2. The molecule has 1 atom stereocenters. The van der Waals surface area contributed by atoms with Gasteiger partial charge < -0.3 is 14.7 Å². The third-order valence-corrected chi connectivity index (χ3v) is 6.27. The van der Waals surface area contributed by atoms with Crippen LogP contribution in [0.15, 0.2) is 66.7 Å². The molecule has 7 heteroatoms. The minimum Gasteiger partial charge on any atom is -0.487 e. The van der Waals surface area contributed by atoms with E-state index >= 15 is 0 Å². The number of amides is 1. The summed E-state index contributed by atoms with van der Waals surface area (Å²) in [6.45, 7) is 1.72. The summed E-state index contributed by atoms with van der Waals surface area (Å²) >= 11 is 12.2. The van der Waals surface area contributed by atoms with E-state index < -0.39 is 18.1 Å². The van der Waals surface area contributed by atoms with Crippen LogP contribution in [0, 0.1) is 0 Å². The Morgan fingerprint density at radius 2 is 1.79 bits per heavy atom. The Kier molecular flexibility index (Phi) is 6.63. The first kappa shape index (κ1) is 23.1. The van der Waals surface area contributed by atoms with Crippen LogP contribution in [0.1, 0.15) is 34.0 Å². The van der Waals surface area contributed by atoms with Crippen molar-refractivity contribution in [1.82, 2.24) is 4.90 Å². The number of hydrogen-bond donors (Lipinski definition) is 1. The van der Waals surface area contributed by atoms with Crippen molar-refractivity contribution in [1.29, 1.82) is 0 Å². The second kappa shape index (κ2) is 9.46. The highest BCUT2D eigenvalue weighted by molar-refractivity contribution is 6.31. The average Bonchev–Trinajstić information content (AvgIpc) is 3.10. The Morgan fingerprint density at radius 3 is 2.48 bits per heavy atom. The smallest absolute Gasteiger partial charge is 0.323 e. The van der Waals surface area contributed by atoms with Gasteiger partial charge in [-0.2, -0.15) is 0 Å². The molecule has 33 heavy (non-hydrogen) atoms. The lowest BCUT2D eigenvalue weighted by molar-refractivity contribution is -0.137. The van der Waals surface area contributed by atoms with Crippen LogP contribution in [0.5, 0.6) is 5.75 Å². The standard InChI is InChI=1S/C26H23Cl2NO4/c1-26(13-17-6-9-21(27)10-7-17)14-20-12-18(8-11-23(20)33-26)25(32)29(16-24(30)31)15-19-4-2-3-5-22(19)28/h2-12H,13-16H2,1H3,(H,30,31)/t26-/m0/s1. The van der Waals surface area contributed by atoms with Crippen LogP contribution in [0.25, 0.3) is 0 Å². The van der Waals surface area contributed by atoms with Crippen molar-refractivity contribution in [3.8, 4) is 5.75 Å². The van der Waals surface area contributed by atoms with Crippen LogP contribution >= 0.6 is 23.2 Å². The van der Waals surface area contributed by atoms with Crippen LogP contribution < -0.4 is 4.74 Å². The van der Waals surface area contributed by atoms with Gasteiger partial charge in [0, 0.05) is 35.0 Å². The molecule has 4 rings (SSSR count). The lowest BCUT2D eigenvalue weighted by Gasteiger charge is -2.24. The highest BCUT2D eigenvalue weighted by Crippen LogP contribution is 2.38. The molecular formula is C26H23Cl2NO4. The van der Waals surface area contributed by atoms with Crippen molar-refractivity contribution in [2.45, 2.75) is 31.9 Å². The van der Waals surface area contributed by atoms with E-state index in [1.807, 2.05) is 31.2 Å². The SMILES string of the molecule is C[C@]1(Cc2ccc(Cl)cc2)Cc2cc(C(=O)N(CC(=O)O)Cc3ccccc3Cl)ccc2O1. The fraction of sp³-hybridized carbons (Fsp3) is 0.231. The number of carboxylic acids is 1. The van der Waals surface area contributed by atoms with Crippen molar-refractivity contribution in [3.05, 3.63) is 99.0 Å². The van der Waals surface area contributed by atoms with E-state index in [1.54, 1.807) is 42.5 Å². The number of fused-ring (bicyclic) bond motifs is 1. The molecule has 0 radical (unpaired) electrons. The number of carbonyl (C=O) groups excluding carboxylic acids is 1. The van der Waals surface area contributed by atoms with Gasteiger partial charge in [0.15, 0.2) is 0 Å². The molecule has 1 amide bonds. The normalized spacial score (nSPS) is 16.7. The molecule has 170 valence electrons. The molecule has 1 aliphatic heterocycles. The van der Waals surface area contributed by atoms with Crippen LogP contribution in [0.3, 0.4) is 0 Å². The second-order valence-electron chi connectivity index (χ2n) is 8.50. The van der Waals surface area contributed by atoms with Gasteiger partial charge in [-0.25, -0.2) is 0 Å². The molecule has 0 aliphatic carbocycles. The maximum Gasteiger partial charge on any atom is 0.323 e. The van der Waals surface area contributed by atoms with Crippen molar-refractivity contribution in [2.75, 3.05) is 6.54 Å². The number of carboxylic acid groups (broad SMARTS) is 1. The molecule has 5 nitrogen and oxygen atoms in total. The number of benzene rings is 3. The van der Waals surface area contributed by atoms with Gasteiger partial charge in [-0.05, 0) is 60.0 Å². The van der Waals surface area contributed by atoms with Crippen molar-refractivity contribution in [2.24, 2.45) is 0 Å². The Balaban J connectivity index is 1.53. The molecule has 1 N–H and O–H groups in total. The molecule has 0 aromatic heterocycles. The van der Waals surface area contributed by atoms with Crippen molar-refractivity contribution < 1.29 is 19.4 Å². The van der Waals surface area contributed by atoms with E-state index in [2.05, 4.69) is 0 Å². The monoisotopic (exact) mass is 483 g/mol. The van der Waals surface area contributed by atoms with E-state index in [4.69, 9.17) is 27.9 Å². The minimum atomic E-state index is -1.09. The van der Waals surface area contributed by atoms with Crippen LogP contribution in [-0.4, -0.2) is 34.0 Å². The van der Waals surface area contributed by atoms with E-state index in [9.17, 15) is 14.7 Å². The highest BCUT2D eigenvalue weighted by Gasteiger charge is 2.35. The van der Waals surface area contributed by atoms with Gasteiger partial charge in [0.1, 0.15) is 17.9 Å². The summed E-state index contributed by atoms with van der Waals surface area (Å²) in [5, 5.41) is 10.5. The topological polar surface area (TPSA) is 66.8 Å². The highest BCUT2D eigenvalue weighted by atomic mass is 35.5.